The van der Waals surface area contributed by atoms with Crippen molar-refractivity contribution in [2.45, 2.75) is 44.2 Å². The lowest BCUT2D eigenvalue weighted by atomic mass is 10.1. The molecule has 2 aromatic carbocycles. The summed E-state index contributed by atoms with van der Waals surface area (Å²) in [5.41, 5.74) is -0.314. The summed E-state index contributed by atoms with van der Waals surface area (Å²) >= 11 is 10.6. The van der Waals surface area contributed by atoms with Gasteiger partial charge in [-0.2, -0.15) is 0 Å². The largest absolute Gasteiger partial charge is 0.394 e. The molecule has 0 aliphatic rings. The molecule has 0 aliphatic carbocycles. The van der Waals surface area contributed by atoms with Crippen LogP contribution in [-0.2, 0) is 9.59 Å². The first-order valence-corrected chi connectivity index (χ1v) is 22.3. The maximum atomic E-state index is 13.6. The first kappa shape index (κ1) is 51.5. The third-order valence-electron chi connectivity index (χ3n) is 7.35. The Bertz CT molecular complexity index is 1720. The van der Waals surface area contributed by atoms with Crippen molar-refractivity contribution in [3.63, 3.8) is 0 Å². The number of anilines is 2. The van der Waals surface area contributed by atoms with Crippen molar-refractivity contribution in [1.82, 2.24) is 21.3 Å². The molecule has 56 heavy (non-hydrogen) atoms. The van der Waals surface area contributed by atoms with Gasteiger partial charge in [0, 0.05) is 20.2 Å². The Morgan fingerprint density at radius 3 is 1.00 bits per heavy atom. The van der Waals surface area contributed by atoms with Gasteiger partial charge in [0.1, 0.15) is 12.2 Å². The predicted octanol–water partition coefficient (Wildman–Crippen LogP) is -0.361. The minimum absolute atomic E-state index is 0.0206. The number of aliphatic hydroxyl groups is 7. The van der Waals surface area contributed by atoms with Gasteiger partial charge < -0.3 is 67.6 Å². The Morgan fingerprint density at radius 1 is 0.482 bits per heavy atom. The van der Waals surface area contributed by atoms with Crippen LogP contribution in [0.1, 0.15) is 55.3 Å². The molecule has 0 heterocycles. The lowest BCUT2D eigenvalue weighted by Crippen LogP contribution is -2.42. The molecule has 25 heteroatoms. The number of halogens is 6. The summed E-state index contributed by atoms with van der Waals surface area (Å²) in [6.45, 7) is -0.841. The minimum atomic E-state index is -1.46. The van der Waals surface area contributed by atoms with E-state index in [0.717, 1.165) is 0 Å². The van der Waals surface area contributed by atoms with Gasteiger partial charge in [0.2, 0.25) is 0 Å². The zero-order valence-corrected chi connectivity index (χ0v) is 41.9. The molecular formula is C31H36I6N6O13. The Balaban J connectivity index is 2.45. The summed E-state index contributed by atoms with van der Waals surface area (Å²) in [5.74, 6) is -4.86. The molecular weight excluding hydrogens is 1430 g/mol. The van der Waals surface area contributed by atoms with Crippen LogP contribution in [0.25, 0.3) is 0 Å². The van der Waals surface area contributed by atoms with Gasteiger partial charge in [-0.1, -0.05) is 0 Å². The average Bonchev–Trinajstić information content (AvgIpc) is 3.13. The van der Waals surface area contributed by atoms with Gasteiger partial charge in [0.15, 0.2) is 0 Å². The molecule has 310 valence electrons. The van der Waals surface area contributed by atoms with Gasteiger partial charge in [0.05, 0.1) is 92.5 Å². The number of rotatable bonds is 18. The van der Waals surface area contributed by atoms with Crippen LogP contribution >= 0.6 is 136 Å². The van der Waals surface area contributed by atoms with Crippen LogP contribution in [0.5, 0.6) is 0 Å². The van der Waals surface area contributed by atoms with Crippen LogP contribution in [0.15, 0.2) is 0 Å². The van der Waals surface area contributed by atoms with Crippen LogP contribution < -0.4 is 31.9 Å². The molecule has 13 N–H and O–H groups in total. The number of benzene rings is 2. The normalized spacial score (nSPS) is 12.8. The van der Waals surface area contributed by atoms with Crippen LogP contribution in [-0.4, -0.2) is 141 Å². The van der Waals surface area contributed by atoms with Gasteiger partial charge in [0.25, 0.3) is 35.4 Å². The molecule has 0 saturated heterocycles. The highest BCUT2D eigenvalue weighted by atomic mass is 127. The van der Waals surface area contributed by atoms with Crippen molar-refractivity contribution in [1.29, 1.82) is 0 Å². The van der Waals surface area contributed by atoms with Crippen LogP contribution in [0.3, 0.4) is 0 Å². The van der Waals surface area contributed by atoms with Crippen molar-refractivity contribution < 1.29 is 64.5 Å². The smallest absolute Gasteiger partial charge is 0.253 e. The Hall–Kier alpha value is -0.640. The molecule has 2 rings (SSSR count). The number of hydrogen-bond donors (Lipinski definition) is 13. The molecule has 6 amide bonds. The van der Waals surface area contributed by atoms with Crippen LogP contribution in [0.4, 0.5) is 11.4 Å². The third-order valence-corrected chi connectivity index (χ3v) is 13.8. The summed E-state index contributed by atoms with van der Waals surface area (Å²) in [5, 5.41) is 83.4. The first-order chi connectivity index (χ1) is 26.2. The molecule has 0 fully saturated rings. The molecule has 2 aromatic rings. The zero-order chi connectivity index (χ0) is 42.8. The van der Waals surface area contributed by atoms with E-state index in [1.165, 1.54) is 13.8 Å². The average molecular weight is 1460 g/mol. The molecule has 0 radical (unpaired) electrons. The molecule has 19 nitrogen and oxygen atoms in total. The predicted molar refractivity (Wildman–Crippen MR) is 251 cm³/mol. The Morgan fingerprint density at radius 2 is 0.750 bits per heavy atom. The lowest BCUT2D eigenvalue weighted by molar-refractivity contribution is -0.123. The number of nitrogens with one attached hydrogen (secondary N) is 6. The molecule has 1 unspecified atom stereocenters. The van der Waals surface area contributed by atoms with Gasteiger partial charge in [-0.25, -0.2) is 0 Å². The lowest BCUT2D eigenvalue weighted by Gasteiger charge is -2.22. The second-order valence-electron chi connectivity index (χ2n) is 11.6. The Labute approximate surface area is 401 Å². The summed E-state index contributed by atoms with van der Waals surface area (Å²) in [6, 6.07) is -2.08. The monoisotopic (exact) mass is 1460 g/mol. The molecule has 0 aliphatic heterocycles. The highest BCUT2D eigenvalue weighted by molar-refractivity contribution is 14.1. The Kier molecular flexibility index (Phi) is 22.0. The number of hydrogen-bond acceptors (Lipinski definition) is 13. The van der Waals surface area contributed by atoms with E-state index >= 15 is 0 Å². The van der Waals surface area contributed by atoms with E-state index < -0.39 is 105 Å². The molecule has 0 saturated carbocycles. The van der Waals surface area contributed by atoms with Crippen molar-refractivity contribution in [3.05, 3.63) is 43.7 Å². The van der Waals surface area contributed by atoms with Crippen LogP contribution in [0.2, 0.25) is 0 Å². The van der Waals surface area contributed by atoms with E-state index in [1.54, 1.807) is 136 Å². The standard InChI is InChI=1S/C31H36I6N6O13/c1-9(48)26(51)42-24-20(34)14(18(32)16(22(24)36)30(55)40-11(5-44)6-45)28(53)38-3-13(50)4-39-29(54)15-19(33)17(31(56)41-12(7-46)8-47)23(37)25(21(15)35)43-27(52)10(2)49/h9-13,44-50H,3-8H2,1-2H3,(H,38,53)(H,39,54)(H,40,55)(H,41,56)(H,42,51)(H,43,52)/t9-,10+,13?. The number of carbonyl (C=O) groups excluding carboxylic acids is 6. The van der Waals surface area contributed by atoms with Gasteiger partial charge in [-0.05, 0) is 149 Å². The summed E-state index contributed by atoms with van der Waals surface area (Å²) < 4.78 is 0.955. The fourth-order valence-corrected chi connectivity index (χ4v) is 13.1. The van der Waals surface area contributed by atoms with Gasteiger partial charge in [-0.15, -0.1) is 0 Å². The summed E-state index contributed by atoms with van der Waals surface area (Å²) in [7, 11) is 0. The van der Waals surface area contributed by atoms with Crippen molar-refractivity contribution in [3.8, 4) is 0 Å². The van der Waals surface area contributed by atoms with E-state index in [2.05, 4.69) is 31.9 Å². The first-order valence-electron chi connectivity index (χ1n) is 15.9. The van der Waals surface area contributed by atoms with E-state index in [9.17, 15) is 64.5 Å². The summed E-state index contributed by atoms with van der Waals surface area (Å²) in [4.78, 5) is 78.9. The minimum Gasteiger partial charge on any atom is -0.394 e. The molecule has 3 atom stereocenters. The highest BCUT2D eigenvalue weighted by Crippen LogP contribution is 2.37. The van der Waals surface area contributed by atoms with Gasteiger partial charge >= 0.3 is 0 Å². The maximum Gasteiger partial charge on any atom is 0.253 e. The van der Waals surface area contributed by atoms with E-state index in [4.69, 9.17) is 0 Å². The fraction of sp³-hybridized carbons (Fsp3) is 0.419. The fourth-order valence-electron chi connectivity index (χ4n) is 4.28. The van der Waals surface area contributed by atoms with E-state index in [-0.39, 0.29) is 55.0 Å². The van der Waals surface area contributed by atoms with Gasteiger partial charge in [-0.3, -0.25) is 28.8 Å². The summed E-state index contributed by atoms with van der Waals surface area (Å²) in [6.07, 6.45) is -4.33. The quantitative estimate of drug-likeness (QED) is 0.0850. The second kappa shape index (κ2) is 24.0. The van der Waals surface area contributed by atoms with Crippen molar-refractivity contribution in [2.24, 2.45) is 0 Å². The van der Waals surface area contributed by atoms with E-state index in [1.807, 2.05) is 0 Å². The number of amides is 6. The highest BCUT2D eigenvalue weighted by Gasteiger charge is 2.32. The topological polar surface area (TPSA) is 316 Å². The maximum absolute atomic E-state index is 13.6. The second-order valence-corrected chi connectivity index (χ2v) is 18.1. The van der Waals surface area contributed by atoms with Crippen molar-refractivity contribution >= 4 is 182 Å². The third kappa shape index (κ3) is 13.2. The molecule has 0 spiro atoms. The number of aliphatic hydroxyl groups excluding tert-OH is 7. The molecule has 0 aromatic heterocycles. The van der Waals surface area contributed by atoms with Crippen molar-refractivity contribution in [2.75, 3.05) is 50.2 Å². The molecule has 0 bridgehead atoms. The zero-order valence-electron chi connectivity index (χ0n) is 29.0. The van der Waals surface area contributed by atoms with E-state index in [0.29, 0.717) is 0 Å². The number of carbonyl (C=O) groups is 6. The van der Waals surface area contributed by atoms with Crippen LogP contribution in [0, 0.1) is 21.4 Å². The SMILES string of the molecule is C[C@H](O)C(=O)Nc1c(I)c(C(=O)NCC(O)CNC(=O)c2c(I)c(NC(=O)[C@@H](C)O)c(I)c(C(=O)NC(CO)CO)c2I)c(I)c(C(=O)NC(CO)CO)c1I.